The summed E-state index contributed by atoms with van der Waals surface area (Å²) in [6, 6.07) is 3.25. The minimum absolute atomic E-state index is 0.312. The van der Waals surface area contributed by atoms with Crippen molar-refractivity contribution in [3.8, 4) is 6.07 Å². The first kappa shape index (κ1) is 17.5. The van der Waals surface area contributed by atoms with Crippen LogP contribution in [-0.4, -0.2) is 36.6 Å². The third-order valence-electron chi connectivity index (χ3n) is 5.08. The summed E-state index contributed by atoms with van der Waals surface area (Å²) in [4.78, 5) is 2.54. The molecule has 116 valence electrons. The maximum absolute atomic E-state index is 9.44. The Kier molecular flexibility index (Phi) is 7.55. The zero-order valence-electron chi connectivity index (χ0n) is 13.9. The molecule has 0 aromatic heterocycles. The summed E-state index contributed by atoms with van der Waals surface area (Å²) in [6.45, 7) is 8.57. The highest BCUT2D eigenvalue weighted by Crippen LogP contribution is 2.27. The van der Waals surface area contributed by atoms with Crippen LogP contribution in [0.5, 0.6) is 0 Å². The monoisotopic (exact) mass is 279 g/mol. The molecule has 20 heavy (non-hydrogen) atoms. The summed E-state index contributed by atoms with van der Waals surface area (Å²) < 4.78 is 0. The second kappa shape index (κ2) is 8.64. The maximum Gasteiger partial charge on any atom is 0.106 e. The van der Waals surface area contributed by atoms with E-state index in [9.17, 15) is 5.26 Å². The molecular formula is C17H33N3. The molecule has 1 saturated carbocycles. The number of rotatable bonds is 8. The van der Waals surface area contributed by atoms with Gasteiger partial charge in [0.15, 0.2) is 0 Å². The maximum atomic E-state index is 9.44. The van der Waals surface area contributed by atoms with Gasteiger partial charge < -0.3 is 4.90 Å². The van der Waals surface area contributed by atoms with Crippen molar-refractivity contribution in [2.75, 3.05) is 20.1 Å². The van der Waals surface area contributed by atoms with Crippen LogP contribution in [-0.2, 0) is 0 Å². The van der Waals surface area contributed by atoms with Gasteiger partial charge in [-0.15, -0.1) is 0 Å². The quantitative estimate of drug-likeness (QED) is 0.738. The van der Waals surface area contributed by atoms with Gasteiger partial charge in [0.25, 0.3) is 0 Å². The number of nitrogens with one attached hydrogen (secondary N) is 1. The SMILES string of the molecule is CCNC(C#N)(CC)CCCN(C)C1CCCCC1C. The fourth-order valence-corrected chi connectivity index (χ4v) is 3.65. The number of nitrogens with zero attached hydrogens (tertiary/aromatic N) is 2. The molecule has 0 heterocycles. The Balaban J connectivity index is 2.40. The van der Waals surface area contributed by atoms with Crippen molar-refractivity contribution in [1.29, 1.82) is 5.26 Å². The molecule has 1 N–H and O–H groups in total. The molecule has 1 aliphatic rings. The van der Waals surface area contributed by atoms with Crippen LogP contribution in [0.1, 0.15) is 65.7 Å². The molecule has 0 aromatic rings. The van der Waals surface area contributed by atoms with E-state index >= 15 is 0 Å². The van der Waals surface area contributed by atoms with Crippen molar-refractivity contribution in [2.45, 2.75) is 77.3 Å². The largest absolute Gasteiger partial charge is 0.303 e. The minimum Gasteiger partial charge on any atom is -0.303 e. The van der Waals surface area contributed by atoms with Crippen LogP contribution in [0, 0.1) is 17.2 Å². The van der Waals surface area contributed by atoms with Crippen LogP contribution in [0.2, 0.25) is 0 Å². The van der Waals surface area contributed by atoms with Crippen LogP contribution >= 0.6 is 0 Å². The van der Waals surface area contributed by atoms with Crippen molar-refractivity contribution in [3.05, 3.63) is 0 Å². The lowest BCUT2D eigenvalue weighted by Crippen LogP contribution is -2.44. The van der Waals surface area contributed by atoms with E-state index in [1.807, 2.05) is 0 Å². The molecule has 0 aliphatic heterocycles. The van der Waals surface area contributed by atoms with Crippen LogP contribution < -0.4 is 5.32 Å². The Morgan fingerprint density at radius 2 is 2.00 bits per heavy atom. The van der Waals surface area contributed by atoms with Crippen LogP contribution in [0.4, 0.5) is 0 Å². The van der Waals surface area contributed by atoms with Gasteiger partial charge in [-0.25, -0.2) is 0 Å². The highest BCUT2D eigenvalue weighted by molar-refractivity contribution is 5.06. The fraction of sp³-hybridized carbons (Fsp3) is 0.941. The first-order chi connectivity index (χ1) is 9.58. The number of hydrogen-bond acceptors (Lipinski definition) is 3. The van der Waals surface area contributed by atoms with Gasteiger partial charge in [-0.1, -0.05) is 33.6 Å². The van der Waals surface area contributed by atoms with E-state index in [4.69, 9.17) is 0 Å². The molecule has 0 radical (unpaired) electrons. The van der Waals surface area contributed by atoms with E-state index in [2.05, 4.69) is 44.1 Å². The molecule has 3 nitrogen and oxygen atoms in total. The van der Waals surface area contributed by atoms with Gasteiger partial charge in [0.1, 0.15) is 5.54 Å². The minimum atomic E-state index is -0.312. The zero-order chi connectivity index (χ0) is 15.0. The van der Waals surface area contributed by atoms with Gasteiger partial charge in [-0.3, -0.25) is 5.32 Å². The summed E-state index contributed by atoms with van der Waals surface area (Å²) in [5.41, 5.74) is -0.312. The van der Waals surface area contributed by atoms with Crippen LogP contribution in [0.25, 0.3) is 0 Å². The Bertz CT molecular complexity index is 310. The Labute approximate surface area is 125 Å². The Morgan fingerprint density at radius 1 is 1.30 bits per heavy atom. The predicted molar refractivity (Wildman–Crippen MR) is 85.6 cm³/mol. The molecule has 3 unspecified atom stereocenters. The normalized spacial score (nSPS) is 26.2. The molecule has 3 heteroatoms. The van der Waals surface area contributed by atoms with Crippen LogP contribution in [0.3, 0.4) is 0 Å². The summed E-state index contributed by atoms with van der Waals surface area (Å²) in [6.07, 6.45) is 8.47. The summed E-state index contributed by atoms with van der Waals surface area (Å²) in [5, 5.41) is 12.8. The predicted octanol–water partition coefficient (Wildman–Crippen LogP) is 3.56. The molecule has 0 amide bonds. The third-order valence-corrected chi connectivity index (χ3v) is 5.08. The Hall–Kier alpha value is -0.590. The molecular weight excluding hydrogens is 246 g/mol. The van der Waals surface area contributed by atoms with E-state index in [1.165, 1.54) is 25.7 Å². The molecule has 1 aliphatic carbocycles. The lowest BCUT2D eigenvalue weighted by atomic mass is 9.85. The second-order valence-electron chi connectivity index (χ2n) is 6.49. The topological polar surface area (TPSA) is 39.1 Å². The third kappa shape index (κ3) is 4.75. The number of nitriles is 1. The standard InChI is InChI=1S/C17H33N3/c1-5-17(14-18,19-6-2)12-9-13-20(4)16-11-8-7-10-15(16)3/h15-16,19H,5-13H2,1-4H3. The van der Waals surface area contributed by atoms with E-state index in [1.54, 1.807) is 0 Å². The fourth-order valence-electron chi connectivity index (χ4n) is 3.65. The lowest BCUT2D eigenvalue weighted by Gasteiger charge is -2.37. The van der Waals surface area contributed by atoms with Gasteiger partial charge in [-0.2, -0.15) is 5.26 Å². The van der Waals surface area contributed by atoms with Crippen molar-refractivity contribution >= 4 is 0 Å². The van der Waals surface area contributed by atoms with Gasteiger partial charge in [0, 0.05) is 6.04 Å². The van der Waals surface area contributed by atoms with Crippen molar-refractivity contribution < 1.29 is 0 Å². The van der Waals surface area contributed by atoms with E-state index < -0.39 is 0 Å². The molecule has 0 aromatic carbocycles. The average Bonchev–Trinajstić information content (AvgIpc) is 2.46. The zero-order valence-corrected chi connectivity index (χ0v) is 13.9. The molecule has 3 atom stereocenters. The van der Waals surface area contributed by atoms with Gasteiger partial charge in [0.2, 0.25) is 0 Å². The van der Waals surface area contributed by atoms with Gasteiger partial charge in [0.05, 0.1) is 6.07 Å². The van der Waals surface area contributed by atoms with E-state index in [0.29, 0.717) is 0 Å². The molecule has 1 fully saturated rings. The van der Waals surface area contributed by atoms with Crippen molar-refractivity contribution in [1.82, 2.24) is 10.2 Å². The van der Waals surface area contributed by atoms with Crippen molar-refractivity contribution in [3.63, 3.8) is 0 Å². The second-order valence-corrected chi connectivity index (χ2v) is 6.49. The van der Waals surface area contributed by atoms with Gasteiger partial charge in [-0.05, 0) is 58.2 Å². The van der Waals surface area contributed by atoms with E-state index in [0.717, 1.165) is 44.3 Å². The van der Waals surface area contributed by atoms with E-state index in [-0.39, 0.29) is 5.54 Å². The van der Waals surface area contributed by atoms with Crippen molar-refractivity contribution in [2.24, 2.45) is 5.92 Å². The number of hydrogen-bond donors (Lipinski definition) is 1. The molecule has 1 rings (SSSR count). The van der Waals surface area contributed by atoms with Crippen LogP contribution in [0.15, 0.2) is 0 Å². The average molecular weight is 279 g/mol. The summed E-state index contributed by atoms with van der Waals surface area (Å²) in [5.74, 6) is 0.828. The smallest absolute Gasteiger partial charge is 0.106 e. The lowest BCUT2D eigenvalue weighted by molar-refractivity contribution is 0.135. The van der Waals surface area contributed by atoms with Gasteiger partial charge >= 0.3 is 0 Å². The molecule has 0 bridgehead atoms. The first-order valence-corrected chi connectivity index (χ1v) is 8.45. The molecule has 0 saturated heterocycles. The Morgan fingerprint density at radius 3 is 2.55 bits per heavy atom. The molecule has 0 spiro atoms. The first-order valence-electron chi connectivity index (χ1n) is 8.45. The summed E-state index contributed by atoms with van der Waals surface area (Å²) >= 11 is 0. The highest BCUT2D eigenvalue weighted by atomic mass is 15.1. The summed E-state index contributed by atoms with van der Waals surface area (Å²) in [7, 11) is 2.26. The highest BCUT2D eigenvalue weighted by Gasteiger charge is 2.28.